The van der Waals surface area contributed by atoms with Gasteiger partial charge in [-0.3, -0.25) is 0 Å². The third-order valence-corrected chi connectivity index (χ3v) is 3.53. The Morgan fingerprint density at radius 1 is 1.50 bits per heavy atom. The molecule has 2 rings (SSSR count). The number of nitrogens with zero attached hydrogens (tertiary/aromatic N) is 2. The average molecular weight is 273 g/mol. The Labute approximate surface area is 121 Å². The summed E-state index contributed by atoms with van der Waals surface area (Å²) in [5.41, 5.74) is 1.11. The first kappa shape index (κ1) is 14.7. The van der Waals surface area contributed by atoms with Gasteiger partial charge in [-0.05, 0) is 45.0 Å². The summed E-state index contributed by atoms with van der Waals surface area (Å²) >= 11 is 0. The summed E-state index contributed by atoms with van der Waals surface area (Å²) in [5, 5.41) is 12.1. The highest BCUT2D eigenvalue weighted by molar-refractivity contribution is 5.49. The molecule has 0 aromatic heterocycles. The van der Waals surface area contributed by atoms with Gasteiger partial charge in [-0.1, -0.05) is 6.07 Å². The van der Waals surface area contributed by atoms with Crippen LogP contribution in [0.4, 0.5) is 5.69 Å². The maximum absolute atomic E-state index is 8.49. The first-order valence-electron chi connectivity index (χ1n) is 7.33. The predicted molar refractivity (Wildman–Crippen MR) is 80.9 cm³/mol. The van der Waals surface area contributed by atoms with Crippen molar-refractivity contribution in [2.24, 2.45) is 0 Å². The zero-order valence-electron chi connectivity index (χ0n) is 12.1. The molecule has 0 radical (unpaired) electrons. The molecule has 1 heterocycles. The number of nitrogens with one attached hydrogen (secondary N) is 1. The van der Waals surface area contributed by atoms with Gasteiger partial charge in [0.15, 0.2) is 0 Å². The van der Waals surface area contributed by atoms with Crippen LogP contribution in [0.15, 0.2) is 24.3 Å². The molecule has 108 valence electrons. The van der Waals surface area contributed by atoms with Crippen LogP contribution in [0.3, 0.4) is 0 Å². The van der Waals surface area contributed by atoms with Gasteiger partial charge in [0, 0.05) is 30.8 Å². The number of anilines is 1. The van der Waals surface area contributed by atoms with Gasteiger partial charge in [0.2, 0.25) is 0 Å². The molecule has 0 saturated carbocycles. The summed E-state index contributed by atoms with van der Waals surface area (Å²) in [6, 6.07) is 10.7. The fraction of sp³-hybridized carbons (Fsp3) is 0.562. The van der Waals surface area contributed by atoms with E-state index >= 15 is 0 Å². The van der Waals surface area contributed by atoms with Crippen molar-refractivity contribution in [3.05, 3.63) is 24.3 Å². The molecule has 0 amide bonds. The molecule has 1 aliphatic rings. The van der Waals surface area contributed by atoms with E-state index in [9.17, 15) is 0 Å². The maximum atomic E-state index is 8.49. The van der Waals surface area contributed by atoms with Gasteiger partial charge >= 0.3 is 0 Å². The smallest absolute Gasteiger partial charge is 0.121 e. The lowest BCUT2D eigenvalue weighted by Gasteiger charge is -2.31. The van der Waals surface area contributed by atoms with Crippen LogP contribution in [-0.2, 0) is 0 Å². The number of hydrogen-bond acceptors (Lipinski definition) is 4. The van der Waals surface area contributed by atoms with Gasteiger partial charge in [0.25, 0.3) is 0 Å². The van der Waals surface area contributed by atoms with Crippen LogP contribution in [-0.4, -0.2) is 37.7 Å². The Kier molecular flexibility index (Phi) is 5.69. The maximum Gasteiger partial charge on any atom is 0.121 e. The van der Waals surface area contributed by atoms with E-state index in [1.807, 2.05) is 18.2 Å². The van der Waals surface area contributed by atoms with Crippen LogP contribution in [0.25, 0.3) is 0 Å². The Morgan fingerprint density at radius 2 is 2.40 bits per heavy atom. The van der Waals surface area contributed by atoms with E-state index in [-0.39, 0.29) is 0 Å². The molecule has 0 spiro atoms. The van der Waals surface area contributed by atoms with Crippen LogP contribution in [0.2, 0.25) is 0 Å². The minimum absolute atomic E-state index is 0.516. The zero-order chi connectivity index (χ0) is 14.2. The number of benzene rings is 1. The molecular formula is C16H23N3O. The van der Waals surface area contributed by atoms with Crippen molar-refractivity contribution < 1.29 is 4.74 Å². The van der Waals surface area contributed by atoms with Crippen LogP contribution >= 0.6 is 0 Å². The Bertz CT molecular complexity index is 455. The molecule has 4 nitrogen and oxygen atoms in total. The molecule has 1 atom stereocenters. The van der Waals surface area contributed by atoms with Gasteiger partial charge in [-0.15, -0.1) is 0 Å². The van der Waals surface area contributed by atoms with Gasteiger partial charge in [-0.2, -0.15) is 5.26 Å². The molecule has 20 heavy (non-hydrogen) atoms. The molecular weight excluding hydrogens is 250 g/mol. The molecule has 1 unspecified atom stereocenters. The standard InChI is InChI=1S/C16H23N3O/c1-19-10-5-7-15(13-19)18-14-6-4-8-16(12-14)20-11-3-2-9-17/h4,6,8,12,15,18H,2-3,5,7,10-11,13H2,1H3. The topological polar surface area (TPSA) is 48.3 Å². The predicted octanol–water partition coefficient (Wildman–Crippen LogP) is 2.88. The summed E-state index contributed by atoms with van der Waals surface area (Å²) < 4.78 is 5.66. The van der Waals surface area contributed by atoms with Crippen LogP contribution in [0, 0.1) is 11.3 Å². The van der Waals surface area contributed by atoms with Crippen molar-refractivity contribution in [1.29, 1.82) is 5.26 Å². The lowest BCUT2D eigenvalue weighted by Crippen LogP contribution is -2.39. The van der Waals surface area contributed by atoms with E-state index < -0.39 is 0 Å². The summed E-state index contributed by atoms with van der Waals surface area (Å²) in [4.78, 5) is 2.36. The average Bonchev–Trinajstić information content (AvgIpc) is 2.44. The molecule has 0 aliphatic carbocycles. The highest BCUT2D eigenvalue weighted by Gasteiger charge is 2.16. The lowest BCUT2D eigenvalue weighted by atomic mass is 10.1. The lowest BCUT2D eigenvalue weighted by molar-refractivity contribution is 0.261. The number of likely N-dealkylation sites (tertiary alicyclic amines) is 1. The number of hydrogen-bond donors (Lipinski definition) is 1. The first-order chi connectivity index (χ1) is 9.78. The van der Waals surface area contributed by atoms with Crippen molar-refractivity contribution in [3.8, 4) is 11.8 Å². The molecule has 0 bridgehead atoms. The number of rotatable bonds is 6. The van der Waals surface area contributed by atoms with Crippen LogP contribution < -0.4 is 10.1 Å². The fourth-order valence-corrected chi connectivity index (χ4v) is 2.54. The molecule has 1 aliphatic heterocycles. The second kappa shape index (κ2) is 7.76. The number of unbranched alkanes of at least 4 members (excludes halogenated alkanes) is 1. The third-order valence-electron chi connectivity index (χ3n) is 3.53. The largest absolute Gasteiger partial charge is 0.493 e. The first-order valence-corrected chi connectivity index (χ1v) is 7.33. The van der Waals surface area contributed by atoms with Gasteiger partial charge in [0.05, 0.1) is 12.7 Å². The van der Waals surface area contributed by atoms with E-state index in [1.165, 1.54) is 19.4 Å². The number of likely N-dealkylation sites (N-methyl/N-ethyl adjacent to an activating group) is 1. The SMILES string of the molecule is CN1CCCC(Nc2cccc(OCCCC#N)c2)C1. The Hall–Kier alpha value is -1.73. The second-order valence-corrected chi connectivity index (χ2v) is 5.38. The molecule has 1 aromatic rings. The molecule has 4 heteroatoms. The van der Waals surface area contributed by atoms with E-state index in [0.717, 1.165) is 24.4 Å². The highest BCUT2D eigenvalue weighted by atomic mass is 16.5. The van der Waals surface area contributed by atoms with Crippen LogP contribution in [0.5, 0.6) is 5.75 Å². The zero-order valence-corrected chi connectivity index (χ0v) is 12.1. The van der Waals surface area contributed by atoms with Crippen molar-refractivity contribution in [3.63, 3.8) is 0 Å². The normalized spacial score (nSPS) is 19.3. The summed E-state index contributed by atoms with van der Waals surface area (Å²) in [6.45, 7) is 2.89. The Balaban J connectivity index is 1.84. The molecule has 1 saturated heterocycles. The minimum atomic E-state index is 0.516. The van der Waals surface area contributed by atoms with E-state index in [4.69, 9.17) is 10.00 Å². The quantitative estimate of drug-likeness (QED) is 0.810. The van der Waals surface area contributed by atoms with E-state index in [2.05, 4.69) is 29.4 Å². The molecule has 1 fully saturated rings. The van der Waals surface area contributed by atoms with Crippen molar-refractivity contribution in [1.82, 2.24) is 4.90 Å². The van der Waals surface area contributed by atoms with E-state index in [0.29, 0.717) is 19.1 Å². The summed E-state index contributed by atoms with van der Waals surface area (Å²) in [6.07, 6.45) is 3.80. The summed E-state index contributed by atoms with van der Waals surface area (Å²) in [5.74, 6) is 0.872. The number of piperidine rings is 1. The van der Waals surface area contributed by atoms with Gasteiger partial charge < -0.3 is 15.0 Å². The highest BCUT2D eigenvalue weighted by Crippen LogP contribution is 2.20. The monoisotopic (exact) mass is 273 g/mol. The minimum Gasteiger partial charge on any atom is -0.493 e. The van der Waals surface area contributed by atoms with Crippen molar-refractivity contribution >= 4 is 5.69 Å². The van der Waals surface area contributed by atoms with Crippen molar-refractivity contribution in [2.45, 2.75) is 31.7 Å². The second-order valence-electron chi connectivity index (χ2n) is 5.38. The molecule has 1 aromatic carbocycles. The number of ether oxygens (including phenoxy) is 1. The molecule has 1 N–H and O–H groups in total. The van der Waals surface area contributed by atoms with Crippen molar-refractivity contribution in [2.75, 3.05) is 32.1 Å². The fourth-order valence-electron chi connectivity index (χ4n) is 2.54. The van der Waals surface area contributed by atoms with E-state index in [1.54, 1.807) is 0 Å². The Morgan fingerprint density at radius 3 is 3.20 bits per heavy atom. The third kappa shape index (κ3) is 4.75. The summed E-state index contributed by atoms with van der Waals surface area (Å²) in [7, 11) is 2.17. The van der Waals surface area contributed by atoms with Gasteiger partial charge in [0.1, 0.15) is 5.75 Å². The van der Waals surface area contributed by atoms with Crippen LogP contribution in [0.1, 0.15) is 25.7 Å². The van der Waals surface area contributed by atoms with Gasteiger partial charge in [-0.25, -0.2) is 0 Å². The number of nitriles is 1.